The van der Waals surface area contributed by atoms with Crippen molar-refractivity contribution < 1.29 is 0 Å². The maximum Gasteiger partial charge on any atom is 0.157 e. The lowest BCUT2D eigenvalue weighted by atomic mass is 10.0. The predicted octanol–water partition coefficient (Wildman–Crippen LogP) is 4.91. The molecule has 0 unspecified atom stereocenters. The lowest BCUT2D eigenvalue weighted by Crippen LogP contribution is -2.32. The van der Waals surface area contributed by atoms with Gasteiger partial charge in [0.05, 0.1) is 16.7 Å². The summed E-state index contributed by atoms with van der Waals surface area (Å²) in [5.41, 5.74) is 8.41. The van der Waals surface area contributed by atoms with Gasteiger partial charge in [0.1, 0.15) is 5.49 Å². The Labute approximate surface area is 208 Å². The zero-order chi connectivity index (χ0) is 24.3. The average molecular weight is 470 g/mol. The Hall–Kier alpha value is -2.82. The summed E-state index contributed by atoms with van der Waals surface area (Å²) in [5, 5.41) is 1.28. The van der Waals surface area contributed by atoms with Gasteiger partial charge in [-0.3, -0.25) is 4.99 Å². The second-order valence-corrected chi connectivity index (χ2v) is 11.0. The second-order valence-electron chi connectivity index (χ2n) is 11.0. The monoisotopic (exact) mass is 469 g/mol. The van der Waals surface area contributed by atoms with Crippen LogP contribution >= 0.6 is 0 Å². The molecule has 0 amide bonds. The molecule has 3 aromatic rings. The third kappa shape index (κ3) is 3.84. The molecule has 1 saturated carbocycles. The van der Waals surface area contributed by atoms with Crippen LogP contribution in [0.3, 0.4) is 0 Å². The average Bonchev–Trinajstić information content (AvgIpc) is 3.38. The van der Waals surface area contributed by atoms with E-state index in [-0.39, 0.29) is 0 Å². The number of rotatable bonds is 7. The quantitative estimate of drug-likeness (QED) is 0.493. The van der Waals surface area contributed by atoms with Crippen LogP contribution in [0.15, 0.2) is 29.8 Å². The summed E-state index contributed by atoms with van der Waals surface area (Å²) >= 11 is 0. The standard InChI is InChI=1S/C30H39N5/c1-6-21-13-19(3)34(17-21)20(4)25-14-23(7-2)28-26(15-25)32-30(33(28)5)27-16-24-9-8-12-31-29(24)35(27)18-22-10-11-22/h9,14-16,19,21-22H,4,6-8,10-13,17-18H2,1-3,5H3/t19-,21+/m1/s1. The fraction of sp³-hybridized carbons (Fsp3) is 0.533. The van der Waals surface area contributed by atoms with Gasteiger partial charge in [0.25, 0.3) is 0 Å². The van der Waals surface area contributed by atoms with Crippen LogP contribution in [-0.2, 0) is 20.0 Å². The third-order valence-electron chi connectivity index (χ3n) is 8.57. The first kappa shape index (κ1) is 22.6. The predicted molar refractivity (Wildman–Crippen MR) is 145 cm³/mol. The SMILES string of the molecule is C=C(c1cc(CC)c2c(c1)nc(-c1cc3c(n1CC1CC1)=NCCC=3)n2C)N1C[C@@H](CC)C[C@H]1C. The molecule has 6 rings (SSSR count). The lowest BCUT2D eigenvalue weighted by molar-refractivity contribution is 0.388. The molecular weight excluding hydrogens is 430 g/mol. The van der Waals surface area contributed by atoms with Crippen LogP contribution in [-0.4, -0.2) is 38.1 Å². The Balaban J connectivity index is 1.46. The van der Waals surface area contributed by atoms with E-state index in [2.05, 4.69) is 72.7 Å². The van der Waals surface area contributed by atoms with E-state index < -0.39 is 0 Å². The molecule has 5 heteroatoms. The fourth-order valence-corrected chi connectivity index (χ4v) is 6.30. The summed E-state index contributed by atoms with van der Waals surface area (Å²) in [6, 6.07) is 7.50. The van der Waals surface area contributed by atoms with Crippen molar-refractivity contribution in [3.63, 3.8) is 0 Å². The first-order chi connectivity index (χ1) is 17.0. The zero-order valence-corrected chi connectivity index (χ0v) is 21.8. The van der Waals surface area contributed by atoms with E-state index in [0.717, 1.165) is 66.8 Å². The minimum atomic E-state index is 0.546. The molecule has 0 spiro atoms. The Morgan fingerprint density at radius 2 is 1.97 bits per heavy atom. The molecule has 4 heterocycles. The summed E-state index contributed by atoms with van der Waals surface area (Å²) in [7, 11) is 2.18. The summed E-state index contributed by atoms with van der Waals surface area (Å²) in [6.07, 6.45) is 9.52. The van der Waals surface area contributed by atoms with Crippen molar-refractivity contribution in [3.05, 3.63) is 46.6 Å². The number of aromatic nitrogens is 3. The molecule has 2 fully saturated rings. The van der Waals surface area contributed by atoms with Crippen LogP contribution in [0.25, 0.3) is 34.3 Å². The van der Waals surface area contributed by atoms with Crippen LogP contribution in [0.4, 0.5) is 0 Å². The molecule has 2 aliphatic heterocycles. The molecular formula is C30H39N5. The van der Waals surface area contributed by atoms with Crippen LogP contribution in [0.5, 0.6) is 0 Å². The first-order valence-corrected chi connectivity index (χ1v) is 13.7. The maximum atomic E-state index is 5.27. The number of fused-ring (bicyclic) bond motifs is 2. The summed E-state index contributed by atoms with van der Waals surface area (Å²) in [5.74, 6) is 2.61. The Morgan fingerprint density at radius 3 is 2.69 bits per heavy atom. The van der Waals surface area contributed by atoms with Crippen molar-refractivity contribution in [1.29, 1.82) is 0 Å². The highest BCUT2D eigenvalue weighted by molar-refractivity contribution is 5.87. The van der Waals surface area contributed by atoms with Crippen LogP contribution in [0.2, 0.25) is 0 Å². The minimum Gasteiger partial charge on any atom is -0.369 e. The topological polar surface area (TPSA) is 38.4 Å². The van der Waals surface area contributed by atoms with E-state index in [0.29, 0.717) is 6.04 Å². The van der Waals surface area contributed by atoms with Crippen molar-refractivity contribution in [1.82, 2.24) is 19.0 Å². The zero-order valence-electron chi connectivity index (χ0n) is 21.8. The number of benzene rings is 1. The summed E-state index contributed by atoms with van der Waals surface area (Å²) in [6.45, 7) is 14.5. The molecule has 5 nitrogen and oxygen atoms in total. The van der Waals surface area contributed by atoms with E-state index in [1.807, 2.05) is 0 Å². The molecule has 2 aromatic heterocycles. The molecule has 0 N–H and O–H groups in total. The van der Waals surface area contributed by atoms with Crippen LogP contribution < -0.4 is 10.7 Å². The maximum absolute atomic E-state index is 5.27. The van der Waals surface area contributed by atoms with Gasteiger partial charge in [-0.25, -0.2) is 4.98 Å². The van der Waals surface area contributed by atoms with Gasteiger partial charge in [-0.1, -0.05) is 32.9 Å². The molecule has 0 bridgehead atoms. The summed E-state index contributed by atoms with van der Waals surface area (Å²) < 4.78 is 4.77. The number of hydrogen-bond acceptors (Lipinski definition) is 3. The Bertz CT molecular complexity index is 1420. The summed E-state index contributed by atoms with van der Waals surface area (Å²) in [4.78, 5) is 12.7. The molecule has 1 aliphatic carbocycles. The Morgan fingerprint density at radius 1 is 1.14 bits per heavy atom. The minimum absolute atomic E-state index is 0.546. The second kappa shape index (κ2) is 8.69. The largest absolute Gasteiger partial charge is 0.369 e. The van der Waals surface area contributed by atoms with E-state index in [1.54, 1.807) is 0 Å². The number of hydrogen-bond donors (Lipinski definition) is 0. The smallest absolute Gasteiger partial charge is 0.157 e. The molecule has 184 valence electrons. The molecule has 0 radical (unpaired) electrons. The molecule has 2 atom stereocenters. The fourth-order valence-electron chi connectivity index (χ4n) is 6.30. The van der Waals surface area contributed by atoms with E-state index in [4.69, 9.17) is 9.98 Å². The molecule has 35 heavy (non-hydrogen) atoms. The molecule has 1 aromatic carbocycles. The van der Waals surface area contributed by atoms with Gasteiger partial charge in [-0.2, -0.15) is 0 Å². The van der Waals surface area contributed by atoms with Gasteiger partial charge >= 0.3 is 0 Å². The van der Waals surface area contributed by atoms with E-state index >= 15 is 0 Å². The highest BCUT2D eigenvalue weighted by Gasteiger charge is 2.30. The van der Waals surface area contributed by atoms with Gasteiger partial charge in [0, 0.05) is 43.6 Å². The van der Waals surface area contributed by atoms with Crippen molar-refractivity contribution in [2.75, 3.05) is 13.1 Å². The number of nitrogens with zero attached hydrogens (tertiary/aromatic N) is 5. The van der Waals surface area contributed by atoms with Gasteiger partial charge in [0.2, 0.25) is 0 Å². The third-order valence-corrected chi connectivity index (χ3v) is 8.57. The molecule has 3 aliphatic rings. The van der Waals surface area contributed by atoms with Gasteiger partial charge in [0.15, 0.2) is 5.82 Å². The van der Waals surface area contributed by atoms with Crippen molar-refractivity contribution >= 4 is 22.8 Å². The first-order valence-electron chi connectivity index (χ1n) is 13.7. The highest BCUT2D eigenvalue weighted by atomic mass is 15.2. The lowest BCUT2D eigenvalue weighted by Gasteiger charge is -2.26. The van der Waals surface area contributed by atoms with Gasteiger partial charge < -0.3 is 14.0 Å². The highest BCUT2D eigenvalue weighted by Crippen LogP contribution is 2.36. The molecule has 1 saturated heterocycles. The number of imidazole rings is 1. The van der Waals surface area contributed by atoms with Crippen molar-refractivity contribution in [2.24, 2.45) is 23.9 Å². The van der Waals surface area contributed by atoms with Gasteiger partial charge in [-0.15, -0.1) is 0 Å². The van der Waals surface area contributed by atoms with Gasteiger partial charge in [-0.05, 0) is 80.2 Å². The van der Waals surface area contributed by atoms with E-state index in [1.165, 1.54) is 53.2 Å². The number of likely N-dealkylation sites (tertiary alicyclic amines) is 1. The van der Waals surface area contributed by atoms with Crippen molar-refractivity contribution in [3.8, 4) is 11.5 Å². The Kier molecular flexibility index (Phi) is 5.62. The van der Waals surface area contributed by atoms with E-state index in [9.17, 15) is 0 Å². The number of aryl methyl sites for hydroxylation is 2. The van der Waals surface area contributed by atoms with Crippen molar-refractivity contribution in [2.45, 2.75) is 71.9 Å². The van der Waals surface area contributed by atoms with Crippen LogP contribution in [0, 0.1) is 11.8 Å². The van der Waals surface area contributed by atoms with Crippen LogP contribution in [0.1, 0.15) is 64.0 Å². The normalized spacial score (nSPS) is 21.8.